The van der Waals surface area contributed by atoms with E-state index >= 15 is 0 Å². The van der Waals surface area contributed by atoms with Gasteiger partial charge in [-0.1, -0.05) is 26.0 Å². The van der Waals surface area contributed by atoms with E-state index in [2.05, 4.69) is 29.5 Å². The Labute approximate surface area is 147 Å². The molecular formula is C20H23N3O2. The Morgan fingerprint density at radius 2 is 1.68 bits per heavy atom. The topological polar surface area (TPSA) is 71.1 Å². The van der Waals surface area contributed by atoms with E-state index in [1.54, 1.807) is 12.4 Å². The average Bonchev–Trinajstić information content (AvgIpc) is 3.43. The first-order valence-corrected chi connectivity index (χ1v) is 8.60. The average molecular weight is 337 g/mol. The van der Waals surface area contributed by atoms with E-state index < -0.39 is 5.41 Å². The third-order valence-corrected chi connectivity index (χ3v) is 4.66. The number of aromatic nitrogens is 1. The Morgan fingerprint density at radius 1 is 1.04 bits per heavy atom. The van der Waals surface area contributed by atoms with Crippen molar-refractivity contribution in [3.63, 3.8) is 0 Å². The van der Waals surface area contributed by atoms with Crippen LogP contribution in [0.2, 0.25) is 0 Å². The number of nitrogens with one attached hydrogen (secondary N) is 2. The normalized spacial score (nSPS) is 14.8. The lowest BCUT2D eigenvalue weighted by atomic mass is 10.0. The second-order valence-corrected chi connectivity index (χ2v) is 6.85. The minimum atomic E-state index is -0.927. The van der Waals surface area contributed by atoms with Crippen molar-refractivity contribution in [2.75, 3.05) is 5.32 Å². The third-order valence-electron chi connectivity index (χ3n) is 4.66. The first-order chi connectivity index (χ1) is 12.0. The Morgan fingerprint density at radius 3 is 2.24 bits per heavy atom. The maximum atomic E-state index is 12.6. The largest absolute Gasteiger partial charge is 0.351 e. The van der Waals surface area contributed by atoms with Crippen LogP contribution in [0.5, 0.6) is 0 Å². The summed E-state index contributed by atoms with van der Waals surface area (Å²) in [6, 6.07) is 11.5. The van der Waals surface area contributed by atoms with Gasteiger partial charge in [0.25, 0.3) is 0 Å². The van der Waals surface area contributed by atoms with E-state index in [0.29, 0.717) is 25.3 Å². The molecule has 1 aromatic heterocycles. The van der Waals surface area contributed by atoms with E-state index in [1.807, 2.05) is 36.4 Å². The highest BCUT2D eigenvalue weighted by molar-refractivity contribution is 6.13. The molecule has 1 aliphatic rings. The first-order valence-electron chi connectivity index (χ1n) is 8.60. The Hall–Kier alpha value is -2.69. The Kier molecular flexibility index (Phi) is 4.83. The summed E-state index contributed by atoms with van der Waals surface area (Å²) in [5.41, 5.74) is 1.98. The number of rotatable bonds is 6. The summed E-state index contributed by atoms with van der Waals surface area (Å²) in [7, 11) is 0. The molecule has 0 spiro atoms. The molecule has 0 bridgehead atoms. The standard InChI is InChI=1S/C20H23N3O2/c1-14(2)16-3-5-17(6-4-16)23-19(25)20(9-10-20)18(24)22-13-15-7-11-21-12-8-15/h3-8,11-12,14H,9-10,13H2,1-2H3,(H,22,24)(H,23,25). The summed E-state index contributed by atoms with van der Waals surface area (Å²) in [6.07, 6.45) is 4.54. The molecule has 130 valence electrons. The molecule has 1 saturated carbocycles. The zero-order valence-corrected chi connectivity index (χ0v) is 14.6. The van der Waals surface area contributed by atoms with E-state index in [1.165, 1.54) is 5.56 Å². The van der Waals surface area contributed by atoms with Gasteiger partial charge in [-0.2, -0.15) is 0 Å². The SMILES string of the molecule is CC(C)c1ccc(NC(=O)C2(C(=O)NCc3ccncc3)CC2)cc1. The number of carbonyl (C=O) groups is 2. The Balaban J connectivity index is 1.59. The third kappa shape index (κ3) is 3.87. The summed E-state index contributed by atoms with van der Waals surface area (Å²) in [5.74, 6) is 0.0103. The van der Waals surface area contributed by atoms with Crippen molar-refractivity contribution in [2.24, 2.45) is 5.41 Å². The van der Waals surface area contributed by atoms with Gasteiger partial charge in [0.1, 0.15) is 5.41 Å². The molecule has 5 heteroatoms. The predicted octanol–water partition coefficient (Wildman–Crippen LogP) is 3.24. The quantitative estimate of drug-likeness (QED) is 0.795. The van der Waals surface area contributed by atoms with Crippen LogP contribution in [-0.2, 0) is 16.1 Å². The monoisotopic (exact) mass is 337 g/mol. The van der Waals surface area contributed by atoms with Crippen molar-refractivity contribution >= 4 is 17.5 Å². The highest BCUT2D eigenvalue weighted by Gasteiger charge is 2.56. The predicted molar refractivity (Wildman–Crippen MR) is 96.9 cm³/mol. The van der Waals surface area contributed by atoms with Crippen molar-refractivity contribution in [3.8, 4) is 0 Å². The van der Waals surface area contributed by atoms with Crippen molar-refractivity contribution in [2.45, 2.75) is 39.2 Å². The molecule has 3 rings (SSSR count). The second-order valence-electron chi connectivity index (χ2n) is 6.85. The molecule has 0 radical (unpaired) electrons. The fourth-order valence-electron chi connectivity index (χ4n) is 2.74. The highest BCUT2D eigenvalue weighted by Crippen LogP contribution is 2.46. The smallest absolute Gasteiger partial charge is 0.240 e. The van der Waals surface area contributed by atoms with Crippen molar-refractivity contribution in [3.05, 3.63) is 59.9 Å². The van der Waals surface area contributed by atoms with Crippen LogP contribution in [-0.4, -0.2) is 16.8 Å². The lowest BCUT2D eigenvalue weighted by Gasteiger charge is -2.16. The zero-order valence-electron chi connectivity index (χ0n) is 14.6. The maximum absolute atomic E-state index is 12.6. The molecule has 25 heavy (non-hydrogen) atoms. The minimum Gasteiger partial charge on any atom is -0.351 e. The molecule has 2 N–H and O–H groups in total. The van der Waals surface area contributed by atoms with Crippen LogP contribution in [0.3, 0.4) is 0 Å². The molecule has 0 saturated heterocycles. The number of carbonyl (C=O) groups excluding carboxylic acids is 2. The summed E-state index contributed by atoms with van der Waals surface area (Å²) in [6.45, 7) is 4.65. The van der Waals surface area contributed by atoms with E-state index in [0.717, 1.165) is 11.3 Å². The number of anilines is 1. The molecule has 2 amide bonds. The van der Waals surface area contributed by atoms with Crippen molar-refractivity contribution in [1.29, 1.82) is 0 Å². The molecule has 5 nitrogen and oxygen atoms in total. The number of hydrogen-bond acceptors (Lipinski definition) is 3. The lowest BCUT2D eigenvalue weighted by molar-refractivity contribution is -0.134. The summed E-state index contributed by atoms with van der Waals surface area (Å²) in [4.78, 5) is 29.0. The summed E-state index contributed by atoms with van der Waals surface area (Å²) < 4.78 is 0. The van der Waals surface area contributed by atoms with Crippen LogP contribution in [0.25, 0.3) is 0 Å². The van der Waals surface area contributed by atoms with Gasteiger partial charge in [-0.3, -0.25) is 14.6 Å². The van der Waals surface area contributed by atoms with Crippen LogP contribution in [0.4, 0.5) is 5.69 Å². The molecule has 1 aromatic carbocycles. The fourth-order valence-corrected chi connectivity index (χ4v) is 2.74. The number of hydrogen-bond donors (Lipinski definition) is 2. The van der Waals surface area contributed by atoms with Crippen LogP contribution >= 0.6 is 0 Å². The van der Waals surface area contributed by atoms with Crippen LogP contribution in [0, 0.1) is 5.41 Å². The molecule has 0 unspecified atom stereocenters. The van der Waals surface area contributed by atoms with Gasteiger partial charge in [0, 0.05) is 24.6 Å². The summed E-state index contributed by atoms with van der Waals surface area (Å²) in [5, 5.41) is 5.75. The van der Waals surface area contributed by atoms with Crippen LogP contribution < -0.4 is 10.6 Å². The van der Waals surface area contributed by atoms with Gasteiger partial charge in [0.2, 0.25) is 11.8 Å². The molecule has 1 aliphatic carbocycles. The molecule has 0 aliphatic heterocycles. The molecule has 1 heterocycles. The summed E-state index contributed by atoms with van der Waals surface area (Å²) >= 11 is 0. The second kappa shape index (κ2) is 7.05. The van der Waals surface area contributed by atoms with Crippen LogP contribution in [0.15, 0.2) is 48.8 Å². The Bertz CT molecular complexity index is 750. The van der Waals surface area contributed by atoms with Gasteiger partial charge in [0.05, 0.1) is 0 Å². The number of amides is 2. The zero-order chi connectivity index (χ0) is 17.9. The van der Waals surface area contributed by atoms with Gasteiger partial charge < -0.3 is 10.6 Å². The molecular weight excluding hydrogens is 314 g/mol. The van der Waals surface area contributed by atoms with E-state index in [4.69, 9.17) is 0 Å². The number of pyridine rings is 1. The van der Waals surface area contributed by atoms with Crippen molar-refractivity contribution in [1.82, 2.24) is 10.3 Å². The molecule has 1 fully saturated rings. The van der Waals surface area contributed by atoms with E-state index in [-0.39, 0.29) is 11.8 Å². The molecule has 2 aromatic rings. The first kappa shape index (κ1) is 17.1. The lowest BCUT2D eigenvalue weighted by Crippen LogP contribution is -2.39. The van der Waals surface area contributed by atoms with Gasteiger partial charge in [-0.15, -0.1) is 0 Å². The highest BCUT2D eigenvalue weighted by atomic mass is 16.2. The van der Waals surface area contributed by atoms with E-state index in [9.17, 15) is 9.59 Å². The fraction of sp³-hybridized carbons (Fsp3) is 0.350. The minimum absolute atomic E-state index is 0.208. The van der Waals surface area contributed by atoms with Gasteiger partial charge in [-0.05, 0) is 54.2 Å². The number of benzene rings is 1. The van der Waals surface area contributed by atoms with Crippen LogP contribution in [0.1, 0.15) is 43.7 Å². The number of nitrogens with zero attached hydrogens (tertiary/aromatic N) is 1. The van der Waals surface area contributed by atoms with Crippen molar-refractivity contribution < 1.29 is 9.59 Å². The molecule has 0 atom stereocenters. The maximum Gasteiger partial charge on any atom is 0.240 e. The van der Waals surface area contributed by atoms with Gasteiger partial charge in [-0.25, -0.2) is 0 Å². The van der Waals surface area contributed by atoms with Gasteiger partial charge in [0.15, 0.2) is 0 Å². The van der Waals surface area contributed by atoms with Gasteiger partial charge >= 0.3 is 0 Å².